The zero-order chi connectivity index (χ0) is 27.1. The van der Waals surface area contributed by atoms with Crippen LogP contribution < -0.4 is 0 Å². The minimum Gasteiger partial charge on any atom is -0.393 e. The van der Waals surface area contributed by atoms with E-state index >= 15 is 0 Å². The molecular formula is C29H40O8S. The van der Waals surface area contributed by atoms with E-state index in [0.717, 1.165) is 50.4 Å². The third-order valence-corrected chi connectivity index (χ3v) is 11.7. The van der Waals surface area contributed by atoms with Gasteiger partial charge in [0.05, 0.1) is 18.5 Å². The zero-order valence-electron chi connectivity index (χ0n) is 22.6. The number of allylic oxidation sites excluding steroid dienone is 4. The van der Waals surface area contributed by atoms with Crippen molar-refractivity contribution in [3.8, 4) is 0 Å². The first kappa shape index (κ1) is 26.8. The molecule has 9 heteroatoms. The van der Waals surface area contributed by atoms with Crippen molar-refractivity contribution >= 4 is 21.7 Å². The maximum Gasteiger partial charge on any atom is 0.264 e. The Labute approximate surface area is 225 Å². The van der Waals surface area contributed by atoms with Crippen LogP contribution in [-0.4, -0.2) is 62.1 Å². The lowest BCUT2D eigenvalue weighted by atomic mass is 9.46. The lowest BCUT2D eigenvalue weighted by molar-refractivity contribution is -0.209. The van der Waals surface area contributed by atoms with Crippen LogP contribution in [0.2, 0.25) is 0 Å². The van der Waals surface area contributed by atoms with Crippen LogP contribution in [0.3, 0.4) is 0 Å². The van der Waals surface area contributed by atoms with Crippen molar-refractivity contribution in [1.29, 1.82) is 0 Å². The first-order valence-electron chi connectivity index (χ1n) is 14.2. The van der Waals surface area contributed by atoms with Crippen LogP contribution >= 0.6 is 0 Å². The highest BCUT2D eigenvalue weighted by molar-refractivity contribution is 7.86. The number of rotatable bonds is 5. The molecule has 0 bridgehead atoms. The number of aliphatic hydroxyl groups excluding tert-OH is 1. The number of carbonyl (C=O) groups is 2. The third kappa shape index (κ3) is 3.86. The van der Waals surface area contributed by atoms with Gasteiger partial charge in [-0.15, -0.1) is 0 Å². The van der Waals surface area contributed by atoms with E-state index in [1.54, 1.807) is 12.2 Å². The Morgan fingerprint density at radius 2 is 1.92 bits per heavy atom. The molecule has 0 spiro atoms. The molecule has 1 N–H and O–H groups in total. The number of Topliss-reactive ketones (excluding diaryl/α,β-unsaturated/α-hetero) is 1. The summed E-state index contributed by atoms with van der Waals surface area (Å²) in [4.78, 5) is 26.2. The third-order valence-electron chi connectivity index (χ3n) is 11.1. The van der Waals surface area contributed by atoms with Gasteiger partial charge in [-0.25, -0.2) is 0 Å². The van der Waals surface area contributed by atoms with Crippen molar-refractivity contribution < 1.29 is 36.8 Å². The minimum atomic E-state index is -3.83. The van der Waals surface area contributed by atoms with E-state index in [9.17, 15) is 23.1 Å². The molecule has 0 radical (unpaired) electrons. The summed E-state index contributed by atoms with van der Waals surface area (Å²) < 4.78 is 42.0. The van der Waals surface area contributed by atoms with E-state index in [1.807, 2.05) is 13.0 Å². The largest absolute Gasteiger partial charge is 0.393 e. The second kappa shape index (κ2) is 9.06. The van der Waals surface area contributed by atoms with Crippen LogP contribution in [0.25, 0.3) is 0 Å². The van der Waals surface area contributed by atoms with Gasteiger partial charge in [0, 0.05) is 22.7 Å². The van der Waals surface area contributed by atoms with E-state index < -0.39 is 57.4 Å². The fraction of sp³-hybridized carbons (Fsp3) is 0.793. The molecule has 6 rings (SSSR count). The van der Waals surface area contributed by atoms with Crippen LogP contribution in [0, 0.1) is 34.5 Å². The number of ether oxygens (including phenoxy) is 2. The van der Waals surface area contributed by atoms with Gasteiger partial charge in [0.15, 0.2) is 23.5 Å². The first-order valence-corrected chi connectivity index (χ1v) is 16.0. The molecule has 0 unspecified atom stereocenters. The number of hydrogen-bond acceptors (Lipinski definition) is 8. The fourth-order valence-electron chi connectivity index (χ4n) is 9.48. The Hall–Kier alpha value is -1.39. The predicted octanol–water partition coefficient (Wildman–Crippen LogP) is 3.48. The summed E-state index contributed by atoms with van der Waals surface area (Å²) in [5.41, 5.74) is -1.46. The van der Waals surface area contributed by atoms with E-state index in [0.29, 0.717) is 12.8 Å². The maximum absolute atomic E-state index is 14.0. The zero-order valence-corrected chi connectivity index (χ0v) is 23.4. The van der Waals surface area contributed by atoms with Crippen LogP contribution in [-0.2, 0) is 33.4 Å². The highest BCUT2D eigenvalue weighted by Crippen LogP contribution is 2.70. The van der Waals surface area contributed by atoms with Gasteiger partial charge in [0.2, 0.25) is 0 Å². The smallest absolute Gasteiger partial charge is 0.264 e. The van der Waals surface area contributed by atoms with Gasteiger partial charge in [0.1, 0.15) is 6.61 Å². The van der Waals surface area contributed by atoms with Crippen LogP contribution in [0.15, 0.2) is 23.8 Å². The first-order chi connectivity index (χ1) is 17.9. The van der Waals surface area contributed by atoms with Gasteiger partial charge < -0.3 is 14.6 Å². The number of ketones is 2. The lowest BCUT2D eigenvalue weighted by Crippen LogP contribution is -2.63. The predicted molar refractivity (Wildman–Crippen MR) is 138 cm³/mol. The molecule has 1 heterocycles. The molecule has 4 saturated carbocycles. The van der Waals surface area contributed by atoms with Crippen molar-refractivity contribution in [2.24, 2.45) is 34.5 Å². The van der Waals surface area contributed by atoms with E-state index in [2.05, 4.69) is 6.92 Å². The average Bonchev–Trinajstić information content (AvgIpc) is 3.36. The number of aliphatic hydroxyl groups is 1. The van der Waals surface area contributed by atoms with Crippen molar-refractivity contribution in [3.05, 3.63) is 23.8 Å². The average molecular weight is 549 g/mol. The van der Waals surface area contributed by atoms with E-state index in [1.165, 1.54) is 6.42 Å². The molecule has 5 fully saturated rings. The Morgan fingerprint density at radius 1 is 1.18 bits per heavy atom. The fourth-order valence-corrected chi connectivity index (χ4v) is 9.80. The molecule has 38 heavy (non-hydrogen) atoms. The quantitative estimate of drug-likeness (QED) is 0.519. The summed E-state index contributed by atoms with van der Waals surface area (Å²) in [5, 5.41) is 11.8. The Morgan fingerprint density at radius 3 is 2.63 bits per heavy atom. The van der Waals surface area contributed by atoms with Crippen molar-refractivity contribution in [1.82, 2.24) is 0 Å². The van der Waals surface area contributed by atoms with Gasteiger partial charge in [0.25, 0.3) is 10.1 Å². The van der Waals surface area contributed by atoms with Gasteiger partial charge in [-0.3, -0.25) is 13.8 Å². The molecule has 0 amide bonds. The molecule has 1 saturated heterocycles. The van der Waals surface area contributed by atoms with Gasteiger partial charge in [-0.1, -0.05) is 44.8 Å². The summed E-state index contributed by atoms with van der Waals surface area (Å²) in [7, 11) is -3.83. The highest BCUT2D eigenvalue weighted by atomic mass is 32.2. The van der Waals surface area contributed by atoms with Gasteiger partial charge >= 0.3 is 0 Å². The standard InChI is InChI=1S/C29H40O8S/c1-27-12-11-19(30)13-18(27)9-10-20-21-14-24-29(23(32)16-35-38(3,33)34,28(21,2)15-22(31)25(20)27)37-26(36-24)17-7-5-4-6-8-17/h11-13,17,20-22,24-26,31H,4-10,14-16H2,1-3H3/t20-,21-,22-,24-,25+,26+,27-,28-,29+/m0/s1. The molecule has 5 aliphatic carbocycles. The second-order valence-corrected chi connectivity index (χ2v) is 14.7. The van der Waals surface area contributed by atoms with E-state index in [-0.39, 0.29) is 29.5 Å². The monoisotopic (exact) mass is 548 g/mol. The molecular weight excluding hydrogens is 508 g/mol. The lowest BCUT2D eigenvalue weighted by Gasteiger charge is -2.59. The van der Waals surface area contributed by atoms with Crippen molar-refractivity contribution in [2.75, 3.05) is 12.9 Å². The molecule has 0 aromatic rings. The minimum absolute atomic E-state index is 0.00700. The van der Waals surface area contributed by atoms with Crippen LogP contribution in [0.1, 0.15) is 71.6 Å². The van der Waals surface area contributed by atoms with Crippen LogP contribution in [0.5, 0.6) is 0 Å². The summed E-state index contributed by atoms with van der Waals surface area (Å²) in [6.45, 7) is 3.56. The molecule has 8 nitrogen and oxygen atoms in total. The Kier molecular flexibility index (Phi) is 6.39. The second-order valence-electron chi connectivity index (χ2n) is 13.1. The highest BCUT2D eigenvalue weighted by Gasteiger charge is 2.76. The summed E-state index contributed by atoms with van der Waals surface area (Å²) in [6.07, 6.45) is 12.4. The van der Waals surface area contributed by atoms with Crippen molar-refractivity contribution in [3.63, 3.8) is 0 Å². The topological polar surface area (TPSA) is 116 Å². The summed E-state index contributed by atoms with van der Waals surface area (Å²) in [5.74, 6) is -0.156. The molecule has 0 aromatic heterocycles. The summed E-state index contributed by atoms with van der Waals surface area (Å²) in [6, 6.07) is 0. The normalized spacial score (nSPS) is 46.6. The molecule has 0 aromatic carbocycles. The number of carbonyl (C=O) groups excluding carboxylic acids is 2. The Balaban J connectivity index is 1.37. The van der Waals surface area contributed by atoms with Crippen molar-refractivity contribution in [2.45, 2.75) is 95.7 Å². The van der Waals surface area contributed by atoms with Crippen LogP contribution in [0.4, 0.5) is 0 Å². The summed E-state index contributed by atoms with van der Waals surface area (Å²) >= 11 is 0. The molecule has 9 atom stereocenters. The molecule has 6 aliphatic rings. The Bertz CT molecular complexity index is 1180. The molecule has 1 aliphatic heterocycles. The van der Waals surface area contributed by atoms with E-state index in [4.69, 9.17) is 13.7 Å². The SMILES string of the molecule is C[C@]12C=CC(=O)C=C1CC[C@@H]1[C@@H]2[C@@H](O)C[C@@]2(C)[C@H]1C[C@@H]1O[C@@H](C3CCCCC3)O[C@]12C(=O)COS(C)(=O)=O. The molecule has 210 valence electrons. The number of fused-ring (bicyclic) bond motifs is 7. The number of hydrogen-bond donors (Lipinski definition) is 1. The maximum atomic E-state index is 14.0. The van der Waals surface area contributed by atoms with Gasteiger partial charge in [-0.05, 0) is 62.5 Å². The van der Waals surface area contributed by atoms with Gasteiger partial charge in [-0.2, -0.15) is 8.42 Å².